The highest BCUT2D eigenvalue weighted by Gasteiger charge is 2.56. The van der Waals surface area contributed by atoms with Crippen LogP contribution in [0.25, 0.3) is 0 Å². The molecule has 2 aromatic carbocycles. The van der Waals surface area contributed by atoms with Crippen LogP contribution in [0.15, 0.2) is 60.4 Å². The number of aliphatic hydroxyl groups is 5. The van der Waals surface area contributed by atoms with Crippen molar-refractivity contribution in [2.24, 2.45) is 5.92 Å². The number of hydrogen-bond donors (Lipinski definition) is 11. The van der Waals surface area contributed by atoms with Gasteiger partial charge in [0, 0.05) is 56.4 Å². The van der Waals surface area contributed by atoms with Gasteiger partial charge in [0.15, 0.2) is 6.29 Å². The molecule has 2 aliphatic heterocycles. The highest BCUT2D eigenvalue weighted by atomic mass is 16.7. The summed E-state index contributed by atoms with van der Waals surface area (Å²) >= 11 is 0. The number of non-ortho nitro benzene ring substituents is 2. The van der Waals surface area contributed by atoms with E-state index in [-0.39, 0.29) is 49.8 Å². The maximum absolute atomic E-state index is 14.1. The van der Waals surface area contributed by atoms with E-state index in [1.54, 1.807) is 68.4 Å². The van der Waals surface area contributed by atoms with E-state index < -0.39 is 168 Å². The number of alkyl carbamates (subject to hydrolysis) is 4. The summed E-state index contributed by atoms with van der Waals surface area (Å²) in [6, 6.07) is 4.52. The molecule has 6 amide bonds. The molecule has 0 aromatic heterocycles. The Morgan fingerprint density at radius 1 is 0.705 bits per heavy atom. The summed E-state index contributed by atoms with van der Waals surface area (Å²) in [6.45, 7) is 13.2. The van der Waals surface area contributed by atoms with Crippen molar-refractivity contribution in [3.63, 3.8) is 0 Å². The van der Waals surface area contributed by atoms with Crippen molar-refractivity contribution in [2.75, 3.05) is 39.8 Å². The molecule has 0 bridgehead atoms. The third-order valence-corrected chi connectivity index (χ3v) is 13.6. The number of likely N-dealkylation sites (N-methyl/N-ethyl adjacent to an activating group) is 1. The molecular weight excluding hydrogens is 1170 g/mol. The van der Waals surface area contributed by atoms with Gasteiger partial charge in [-0.05, 0) is 124 Å². The molecule has 0 radical (unpaired) electrons. The van der Waals surface area contributed by atoms with E-state index in [2.05, 4.69) is 31.9 Å². The van der Waals surface area contributed by atoms with Gasteiger partial charge in [-0.2, -0.15) is 0 Å². The first kappa shape index (κ1) is 71.0. The Labute approximate surface area is 507 Å². The largest absolute Gasteiger partial charge is 0.491 e. The number of nitro groups is 2. The number of amides is 6. The second-order valence-corrected chi connectivity index (χ2v) is 24.6. The first-order chi connectivity index (χ1) is 40.9. The molecule has 0 spiro atoms. The molecule has 2 heterocycles. The summed E-state index contributed by atoms with van der Waals surface area (Å²) in [5.74, 6) is -2.53. The lowest BCUT2D eigenvalue weighted by atomic mass is 9.72. The van der Waals surface area contributed by atoms with Gasteiger partial charge in [0.25, 0.3) is 17.3 Å². The zero-order valence-corrected chi connectivity index (χ0v) is 50.9. The van der Waals surface area contributed by atoms with E-state index in [0.717, 1.165) is 4.90 Å². The Morgan fingerprint density at radius 3 is 1.70 bits per heavy atom. The number of hydrogen-bond acceptors (Lipinski definition) is 24. The maximum atomic E-state index is 14.1. The molecule has 2 fully saturated rings. The number of carbonyl (C=O) groups is 6. The summed E-state index contributed by atoms with van der Waals surface area (Å²) in [6.07, 6.45) is -16.3. The van der Waals surface area contributed by atoms with Gasteiger partial charge in [-0.25, -0.2) is 24.0 Å². The van der Waals surface area contributed by atoms with E-state index in [4.69, 9.17) is 37.9 Å². The summed E-state index contributed by atoms with van der Waals surface area (Å²) < 4.78 is 46.2. The van der Waals surface area contributed by atoms with Gasteiger partial charge >= 0.3 is 30.5 Å². The smallest absolute Gasteiger partial charge is 0.410 e. The maximum Gasteiger partial charge on any atom is 0.410 e. The van der Waals surface area contributed by atoms with Crippen LogP contribution in [-0.4, -0.2) is 206 Å². The summed E-state index contributed by atoms with van der Waals surface area (Å²) in [5.41, 5.74) is -4.58. The molecule has 2 aromatic rings. The number of benzene rings is 2. The van der Waals surface area contributed by atoms with Gasteiger partial charge in [0.2, 0.25) is 0 Å². The van der Waals surface area contributed by atoms with E-state index in [0.29, 0.717) is 11.1 Å². The van der Waals surface area contributed by atoms with Crippen LogP contribution in [0.1, 0.15) is 93.2 Å². The Kier molecular flexibility index (Phi) is 24.6. The van der Waals surface area contributed by atoms with Gasteiger partial charge in [-0.3, -0.25) is 25.0 Å². The van der Waals surface area contributed by atoms with Crippen molar-refractivity contribution in [1.82, 2.24) is 36.8 Å². The fourth-order valence-corrected chi connectivity index (χ4v) is 9.70. The molecule has 1 saturated carbocycles. The van der Waals surface area contributed by atoms with Crippen molar-refractivity contribution in [3.8, 4) is 0 Å². The van der Waals surface area contributed by atoms with Crippen molar-refractivity contribution >= 4 is 47.7 Å². The standard InChI is InChI=1S/C56H83N9O23/c1-53(2,3)86-48(71)58-24-34(66)23-57-25-35-20-21-36(61-50(73)81-27-30-12-16-32(17-13-30)64(77)78)43(84-35)40-37(62-51(74)82-28-31-14-18-33(19-15-31)65(79)80)22-38(60-46(70)39(67)26-59-49(72)87-54(4,5)6)44(41(40)68)85-47-42(69)45(56(10,76)29-83-47)63(11)52(75)88-55(7,8)9/h12-20,34,36-45,47,57,66-69,76H,21-29H2,1-11H3,(H,58,71)(H,59,72)(H,60,70)(H,61,73)(H,62,74)/t34?,36-,37+,38-,39+,40?,41+,42-,43+,44+,45-,47-,56+/m1/s1. The molecule has 1 saturated heterocycles. The molecule has 13 atom stereocenters. The summed E-state index contributed by atoms with van der Waals surface area (Å²) in [4.78, 5) is 103. The Balaban J connectivity index is 1.57. The van der Waals surface area contributed by atoms with Crippen LogP contribution in [0.4, 0.5) is 35.3 Å². The first-order valence-corrected chi connectivity index (χ1v) is 28.2. The Bertz CT molecular complexity index is 2770. The predicted octanol–water partition coefficient (Wildman–Crippen LogP) is 2.38. The second kappa shape index (κ2) is 30.5. The topological polar surface area (TPSA) is 439 Å². The zero-order valence-electron chi connectivity index (χ0n) is 50.9. The highest BCUT2D eigenvalue weighted by Crippen LogP contribution is 2.39. The quantitative estimate of drug-likeness (QED) is 0.0458. The molecule has 490 valence electrons. The third kappa shape index (κ3) is 21.8. The van der Waals surface area contributed by atoms with E-state index in [1.165, 1.54) is 62.5 Å². The average molecular weight is 1250 g/mol. The summed E-state index contributed by atoms with van der Waals surface area (Å²) in [7, 11) is 1.25. The minimum atomic E-state index is -2.03. The van der Waals surface area contributed by atoms with Crippen molar-refractivity contribution in [2.45, 2.75) is 185 Å². The Hall–Kier alpha value is -7.72. The van der Waals surface area contributed by atoms with E-state index >= 15 is 0 Å². The number of rotatable bonds is 22. The lowest BCUT2D eigenvalue weighted by molar-refractivity contribution is -0.385. The summed E-state index contributed by atoms with van der Waals surface area (Å²) in [5, 5.41) is 97.3. The van der Waals surface area contributed by atoms with Crippen LogP contribution >= 0.6 is 0 Å². The van der Waals surface area contributed by atoms with E-state index in [9.17, 15) is 74.5 Å². The van der Waals surface area contributed by atoms with Crippen molar-refractivity contribution < 1.29 is 102 Å². The number of nitro benzene ring substituents is 2. The molecular formula is C56H83N9O23. The van der Waals surface area contributed by atoms with Gasteiger partial charge in [-0.1, -0.05) is 0 Å². The third-order valence-electron chi connectivity index (χ3n) is 13.6. The van der Waals surface area contributed by atoms with Gasteiger partial charge in [0.1, 0.15) is 65.8 Å². The van der Waals surface area contributed by atoms with Gasteiger partial charge < -0.3 is 100 Å². The number of carbonyl (C=O) groups excluding carboxylic acids is 6. The minimum absolute atomic E-state index is 0.0989. The normalized spacial score (nSPS) is 25.3. The fourth-order valence-electron chi connectivity index (χ4n) is 9.70. The number of nitrogens with one attached hydrogen (secondary N) is 6. The van der Waals surface area contributed by atoms with Crippen LogP contribution < -0.4 is 31.9 Å². The van der Waals surface area contributed by atoms with Crippen LogP contribution in [0.3, 0.4) is 0 Å². The first-order valence-electron chi connectivity index (χ1n) is 28.2. The molecule has 5 rings (SSSR count). The monoisotopic (exact) mass is 1250 g/mol. The molecule has 3 aliphatic rings. The zero-order chi connectivity index (χ0) is 65.6. The molecule has 11 N–H and O–H groups in total. The van der Waals surface area contributed by atoms with Crippen LogP contribution in [0.2, 0.25) is 0 Å². The molecule has 32 heteroatoms. The average Bonchev–Trinajstić information content (AvgIpc) is 0.935. The fraction of sp³-hybridized carbons (Fsp3) is 0.643. The van der Waals surface area contributed by atoms with Gasteiger partial charge in [0.05, 0.1) is 59.9 Å². The molecule has 88 heavy (non-hydrogen) atoms. The number of aliphatic hydroxyl groups excluding tert-OH is 4. The predicted molar refractivity (Wildman–Crippen MR) is 306 cm³/mol. The Morgan fingerprint density at radius 2 is 1.20 bits per heavy atom. The van der Waals surface area contributed by atoms with Crippen LogP contribution in [0, 0.1) is 26.1 Å². The lowest BCUT2D eigenvalue weighted by Crippen LogP contribution is -2.71. The van der Waals surface area contributed by atoms with E-state index in [1.807, 2.05) is 0 Å². The molecule has 2 unspecified atom stereocenters. The van der Waals surface area contributed by atoms with Crippen molar-refractivity contribution in [1.29, 1.82) is 0 Å². The van der Waals surface area contributed by atoms with Crippen molar-refractivity contribution in [3.05, 3.63) is 91.7 Å². The highest BCUT2D eigenvalue weighted by molar-refractivity contribution is 5.82. The SMILES string of the molecule is CN(C(=O)OC(C)(C)C)[C@@H]1[C@@H](O)[C@@H](O[C@H]2[C@H](NC(=O)[C@@H](O)CNC(=O)OC(C)(C)C)C[C@H](NC(=O)OCc3ccc([N+](=O)[O-])cc3)C([C@H]3OC(CNCC(O)CNC(=O)OC(C)(C)C)=CC[C@H]3NC(=O)OCc3ccc([N+](=O)[O-])cc3)[C@@H]2O)OC[C@]1(C)O. The second-order valence-electron chi connectivity index (χ2n) is 24.6. The lowest BCUT2D eigenvalue weighted by Gasteiger charge is -2.52. The minimum Gasteiger partial charge on any atom is -0.491 e. The van der Waals surface area contributed by atoms with Gasteiger partial charge in [-0.15, -0.1) is 0 Å². The van der Waals surface area contributed by atoms with Crippen LogP contribution in [0.5, 0.6) is 0 Å². The number of nitrogens with zero attached hydrogens (tertiary/aromatic N) is 3. The molecule has 1 aliphatic carbocycles. The molecule has 32 nitrogen and oxygen atoms in total. The van der Waals surface area contributed by atoms with Crippen LogP contribution in [-0.2, 0) is 55.9 Å². The number of ether oxygens (including phenoxy) is 8.